The van der Waals surface area contributed by atoms with Crippen molar-refractivity contribution in [2.75, 3.05) is 0 Å². The first-order valence-electron chi connectivity index (χ1n) is 6.74. The van der Waals surface area contributed by atoms with E-state index >= 15 is 0 Å². The standard InChI is InChI=1S/C15H20O3/c1-3-4-11-5-6-14(16)13(9-11)15(17)12-7-8-18-10(12)2/h7-8,11,13H,3-6,9H2,1-2H3. The van der Waals surface area contributed by atoms with Gasteiger partial charge in [-0.15, -0.1) is 0 Å². The van der Waals surface area contributed by atoms with Gasteiger partial charge in [-0.25, -0.2) is 0 Å². The average Bonchev–Trinajstić information content (AvgIpc) is 2.77. The molecule has 1 aromatic rings. The van der Waals surface area contributed by atoms with Crippen LogP contribution in [0.1, 0.15) is 55.1 Å². The van der Waals surface area contributed by atoms with Gasteiger partial charge in [-0.1, -0.05) is 19.8 Å². The van der Waals surface area contributed by atoms with Crippen molar-refractivity contribution < 1.29 is 14.0 Å². The summed E-state index contributed by atoms with van der Waals surface area (Å²) in [5.74, 6) is 0.755. The maximum atomic E-state index is 12.4. The molecule has 1 aromatic heterocycles. The topological polar surface area (TPSA) is 47.3 Å². The predicted molar refractivity (Wildman–Crippen MR) is 68.5 cm³/mol. The van der Waals surface area contributed by atoms with Crippen LogP contribution >= 0.6 is 0 Å². The van der Waals surface area contributed by atoms with Gasteiger partial charge in [0.25, 0.3) is 0 Å². The van der Waals surface area contributed by atoms with Crippen molar-refractivity contribution in [1.29, 1.82) is 0 Å². The van der Waals surface area contributed by atoms with Crippen LogP contribution in [-0.4, -0.2) is 11.6 Å². The lowest BCUT2D eigenvalue weighted by molar-refractivity contribution is -0.124. The zero-order chi connectivity index (χ0) is 13.1. The van der Waals surface area contributed by atoms with Crippen molar-refractivity contribution in [2.24, 2.45) is 11.8 Å². The van der Waals surface area contributed by atoms with Gasteiger partial charge in [0.15, 0.2) is 5.78 Å². The van der Waals surface area contributed by atoms with E-state index < -0.39 is 5.92 Å². The molecule has 0 aliphatic heterocycles. The second kappa shape index (κ2) is 5.51. The van der Waals surface area contributed by atoms with Crippen LogP contribution in [0.4, 0.5) is 0 Å². The van der Waals surface area contributed by atoms with Crippen LogP contribution in [0.2, 0.25) is 0 Å². The SMILES string of the molecule is CCCC1CCC(=O)C(C(=O)c2ccoc2C)C1. The van der Waals surface area contributed by atoms with Gasteiger partial charge in [-0.2, -0.15) is 0 Å². The largest absolute Gasteiger partial charge is 0.469 e. The molecule has 0 N–H and O–H groups in total. The van der Waals surface area contributed by atoms with Gasteiger partial charge < -0.3 is 4.42 Å². The molecule has 98 valence electrons. The highest BCUT2D eigenvalue weighted by molar-refractivity contribution is 6.11. The molecule has 0 spiro atoms. The van der Waals surface area contributed by atoms with Gasteiger partial charge in [0.05, 0.1) is 17.7 Å². The number of ketones is 2. The molecule has 0 bridgehead atoms. The lowest BCUT2D eigenvalue weighted by Gasteiger charge is -2.26. The number of aryl methyl sites for hydroxylation is 1. The lowest BCUT2D eigenvalue weighted by atomic mass is 9.75. The van der Waals surface area contributed by atoms with Crippen LogP contribution in [0.3, 0.4) is 0 Å². The molecular weight excluding hydrogens is 228 g/mol. The summed E-state index contributed by atoms with van der Waals surface area (Å²) in [6.07, 6.45) is 5.96. The molecule has 3 nitrogen and oxygen atoms in total. The molecule has 2 rings (SSSR count). The molecule has 2 atom stereocenters. The summed E-state index contributed by atoms with van der Waals surface area (Å²) < 4.78 is 5.15. The summed E-state index contributed by atoms with van der Waals surface area (Å²) in [5, 5.41) is 0. The van der Waals surface area contributed by atoms with E-state index in [9.17, 15) is 9.59 Å². The van der Waals surface area contributed by atoms with Crippen LogP contribution in [0.15, 0.2) is 16.7 Å². The fourth-order valence-corrected chi connectivity index (χ4v) is 2.86. The number of carbonyl (C=O) groups is 2. The molecule has 2 unspecified atom stereocenters. The molecule has 0 amide bonds. The molecule has 0 radical (unpaired) electrons. The first-order chi connectivity index (χ1) is 8.63. The third kappa shape index (κ3) is 2.55. The number of rotatable bonds is 4. The number of furan rings is 1. The number of hydrogen-bond donors (Lipinski definition) is 0. The third-order valence-electron chi connectivity index (χ3n) is 3.89. The third-order valence-corrected chi connectivity index (χ3v) is 3.89. The molecule has 3 heteroatoms. The van der Waals surface area contributed by atoms with Gasteiger partial charge >= 0.3 is 0 Å². The summed E-state index contributed by atoms with van der Waals surface area (Å²) >= 11 is 0. The smallest absolute Gasteiger partial charge is 0.176 e. The molecule has 0 aromatic carbocycles. The van der Waals surface area contributed by atoms with E-state index in [1.165, 1.54) is 6.26 Å². The van der Waals surface area contributed by atoms with E-state index in [-0.39, 0.29) is 11.6 Å². The Morgan fingerprint density at radius 2 is 2.28 bits per heavy atom. The van der Waals surface area contributed by atoms with Crippen molar-refractivity contribution in [3.63, 3.8) is 0 Å². The Kier molecular flexibility index (Phi) is 4.00. The Morgan fingerprint density at radius 3 is 2.89 bits per heavy atom. The fourth-order valence-electron chi connectivity index (χ4n) is 2.86. The Morgan fingerprint density at radius 1 is 1.50 bits per heavy atom. The summed E-state index contributed by atoms with van der Waals surface area (Å²) in [6, 6.07) is 1.67. The van der Waals surface area contributed by atoms with E-state index in [0.29, 0.717) is 23.7 Å². The number of carbonyl (C=O) groups excluding carboxylic acids is 2. The lowest BCUT2D eigenvalue weighted by Crippen LogP contribution is -2.31. The first kappa shape index (κ1) is 13.1. The minimum Gasteiger partial charge on any atom is -0.469 e. The van der Waals surface area contributed by atoms with Crippen LogP contribution in [0.25, 0.3) is 0 Å². The second-order valence-electron chi connectivity index (χ2n) is 5.20. The normalized spacial score (nSPS) is 24.2. The van der Waals surface area contributed by atoms with Crippen molar-refractivity contribution >= 4 is 11.6 Å². The number of Topliss-reactive ketones (excluding diaryl/α,β-unsaturated/α-hetero) is 2. The molecule has 1 aliphatic rings. The van der Waals surface area contributed by atoms with E-state index in [2.05, 4.69) is 6.92 Å². The Bertz CT molecular complexity index is 444. The molecule has 1 aliphatic carbocycles. The molecule has 1 fully saturated rings. The average molecular weight is 248 g/mol. The van der Waals surface area contributed by atoms with Gasteiger partial charge in [-0.3, -0.25) is 9.59 Å². The Hall–Kier alpha value is -1.38. The highest BCUT2D eigenvalue weighted by atomic mass is 16.3. The van der Waals surface area contributed by atoms with Gasteiger partial charge in [0.2, 0.25) is 0 Å². The van der Waals surface area contributed by atoms with E-state index in [1.54, 1.807) is 13.0 Å². The van der Waals surface area contributed by atoms with Crippen LogP contribution < -0.4 is 0 Å². The van der Waals surface area contributed by atoms with E-state index in [4.69, 9.17) is 4.42 Å². The van der Waals surface area contributed by atoms with Gasteiger partial charge in [0.1, 0.15) is 11.5 Å². The first-order valence-corrected chi connectivity index (χ1v) is 6.74. The molecule has 0 saturated heterocycles. The zero-order valence-electron chi connectivity index (χ0n) is 11.1. The summed E-state index contributed by atoms with van der Waals surface area (Å²) in [4.78, 5) is 24.3. The highest BCUT2D eigenvalue weighted by Crippen LogP contribution is 2.32. The zero-order valence-corrected chi connectivity index (χ0v) is 11.1. The summed E-state index contributed by atoms with van der Waals surface area (Å²) in [6.45, 7) is 3.91. The molecule has 1 heterocycles. The minimum absolute atomic E-state index is 0.0490. The van der Waals surface area contributed by atoms with Crippen molar-refractivity contribution in [1.82, 2.24) is 0 Å². The maximum absolute atomic E-state index is 12.4. The maximum Gasteiger partial charge on any atom is 0.176 e. The minimum atomic E-state index is -0.438. The van der Waals surface area contributed by atoms with Gasteiger partial charge in [0, 0.05) is 6.42 Å². The molecule has 18 heavy (non-hydrogen) atoms. The second-order valence-corrected chi connectivity index (χ2v) is 5.20. The molecular formula is C15H20O3. The van der Waals surface area contributed by atoms with Crippen molar-refractivity contribution in [3.05, 3.63) is 23.7 Å². The quantitative estimate of drug-likeness (QED) is 0.604. The van der Waals surface area contributed by atoms with Crippen LogP contribution in [0.5, 0.6) is 0 Å². The van der Waals surface area contributed by atoms with Crippen molar-refractivity contribution in [3.8, 4) is 0 Å². The Labute approximate surface area is 108 Å². The van der Waals surface area contributed by atoms with Crippen LogP contribution in [0, 0.1) is 18.8 Å². The predicted octanol–water partition coefficient (Wildman–Crippen LogP) is 3.56. The Balaban J connectivity index is 2.13. The van der Waals surface area contributed by atoms with E-state index in [1.807, 2.05) is 0 Å². The van der Waals surface area contributed by atoms with Crippen molar-refractivity contribution in [2.45, 2.75) is 46.0 Å². The van der Waals surface area contributed by atoms with E-state index in [0.717, 1.165) is 25.7 Å². The summed E-state index contributed by atoms with van der Waals surface area (Å²) in [5.41, 5.74) is 0.575. The highest BCUT2D eigenvalue weighted by Gasteiger charge is 2.34. The monoisotopic (exact) mass is 248 g/mol. The number of hydrogen-bond acceptors (Lipinski definition) is 3. The fraction of sp³-hybridized carbons (Fsp3) is 0.600. The van der Waals surface area contributed by atoms with Gasteiger partial charge in [-0.05, 0) is 31.7 Å². The molecule has 1 saturated carbocycles. The summed E-state index contributed by atoms with van der Waals surface area (Å²) in [7, 11) is 0. The van der Waals surface area contributed by atoms with Crippen LogP contribution in [-0.2, 0) is 4.79 Å².